The lowest BCUT2D eigenvalue weighted by molar-refractivity contribution is 0.480. The zero-order chi connectivity index (χ0) is 12.5. The van der Waals surface area contributed by atoms with E-state index in [2.05, 4.69) is 9.97 Å². The topological polar surface area (TPSA) is 46.0 Å². The van der Waals surface area contributed by atoms with Crippen LogP contribution in [0, 0.1) is 5.82 Å². The minimum atomic E-state index is -0.346. The first-order valence-electron chi connectivity index (χ1n) is 5.45. The molecular weight excluding hydrogens is 231 g/mol. The fourth-order valence-corrected chi connectivity index (χ4v) is 1.94. The summed E-state index contributed by atoms with van der Waals surface area (Å²) in [6.07, 6.45) is 1.32. The number of aromatic nitrogens is 2. The first kappa shape index (κ1) is 10.7. The van der Waals surface area contributed by atoms with Crippen LogP contribution in [-0.4, -0.2) is 15.1 Å². The van der Waals surface area contributed by atoms with Crippen molar-refractivity contribution in [2.24, 2.45) is 0 Å². The maximum absolute atomic E-state index is 13.8. The molecule has 0 atom stereocenters. The fraction of sp³-hybridized carbons (Fsp3) is 0. The third kappa shape index (κ3) is 1.59. The Balaban J connectivity index is 2.37. The number of hydrogen-bond acceptors (Lipinski definition) is 3. The molecular formula is C14H9FN2O. The Hall–Kier alpha value is -2.49. The van der Waals surface area contributed by atoms with E-state index in [1.165, 1.54) is 12.4 Å². The van der Waals surface area contributed by atoms with Crippen LogP contribution in [0.4, 0.5) is 4.39 Å². The molecule has 0 amide bonds. The average Bonchev–Trinajstić information content (AvgIpc) is 2.40. The van der Waals surface area contributed by atoms with E-state index in [0.717, 1.165) is 0 Å². The molecule has 0 aliphatic carbocycles. The Morgan fingerprint density at radius 3 is 2.61 bits per heavy atom. The highest BCUT2D eigenvalue weighted by molar-refractivity contribution is 5.95. The van der Waals surface area contributed by atoms with Crippen LogP contribution in [0.1, 0.15) is 0 Å². The van der Waals surface area contributed by atoms with Crippen LogP contribution in [0.5, 0.6) is 5.75 Å². The van der Waals surface area contributed by atoms with Gasteiger partial charge in [0.25, 0.3) is 0 Å². The number of benzene rings is 2. The molecule has 0 spiro atoms. The summed E-state index contributed by atoms with van der Waals surface area (Å²) in [5, 5.41) is 10.4. The van der Waals surface area contributed by atoms with E-state index < -0.39 is 0 Å². The number of halogens is 1. The molecule has 1 heterocycles. The second-order valence-corrected chi connectivity index (χ2v) is 3.88. The number of hydrogen-bond donors (Lipinski definition) is 1. The van der Waals surface area contributed by atoms with Gasteiger partial charge in [0.05, 0.1) is 5.69 Å². The molecule has 0 saturated carbocycles. The quantitative estimate of drug-likeness (QED) is 0.710. The second kappa shape index (κ2) is 4.07. The molecule has 0 unspecified atom stereocenters. The number of phenols is 1. The number of fused-ring (bicyclic) bond motifs is 1. The molecule has 2 aromatic carbocycles. The van der Waals surface area contributed by atoms with E-state index in [4.69, 9.17) is 0 Å². The summed E-state index contributed by atoms with van der Waals surface area (Å²) in [5.41, 5.74) is 1.30. The summed E-state index contributed by atoms with van der Waals surface area (Å²) in [6, 6.07) is 11.4. The minimum Gasteiger partial charge on any atom is -0.506 e. The van der Waals surface area contributed by atoms with E-state index in [1.54, 1.807) is 36.4 Å². The molecule has 3 rings (SSSR count). The van der Waals surface area contributed by atoms with Gasteiger partial charge in [0.1, 0.15) is 23.4 Å². The Labute approximate surface area is 103 Å². The number of aromatic hydroxyl groups is 1. The minimum absolute atomic E-state index is 0.0625. The summed E-state index contributed by atoms with van der Waals surface area (Å²) >= 11 is 0. The predicted molar refractivity (Wildman–Crippen MR) is 66.6 cm³/mol. The summed E-state index contributed by atoms with van der Waals surface area (Å²) < 4.78 is 13.8. The van der Waals surface area contributed by atoms with E-state index in [9.17, 15) is 9.50 Å². The Kier molecular flexibility index (Phi) is 2.41. The van der Waals surface area contributed by atoms with Crippen molar-refractivity contribution in [3.8, 4) is 17.0 Å². The van der Waals surface area contributed by atoms with Gasteiger partial charge in [-0.3, -0.25) is 0 Å². The van der Waals surface area contributed by atoms with Crippen molar-refractivity contribution in [1.29, 1.82) is 0 Å². The molecule has 1 N–H and O–H groups in total. The van der Waals surface area contributed by atoms with Crippen molar-refractivity contribution < 1.29 is 9.50 Å². The van der Waals surface area contributed by atoms with Crippen molar-refractivity contribution in [3.63, 3.8) is 0 Å². The molecule has 3 nitrogen and oxygen atoms in total. The molecule has 0 bridgehead atoms. The second-order valence-electron chi connectivity index (χ2n) is 3.88. The highest BCUT2D eigenvalue weighted by Crippen LogP contribution is 2.30. The molecule has 0 fully saturated rings. The van der Waals surface area contributed by atoms with Crippen LogP contribution in [0.3, 0.4) is 0 Å². The molecule has 88 valence electrons. The van der Waals surface area contributed by atoms with Crippen LogP contribution in [0.2, 0.25) is 0 Å². The maximum Gasteiger partial charge on any atom is 0.141 e. The maximum atomic E-state index is 13.8. The van der Waals surface area contributed by atoms with Gasteiger partial charge >= 0.3 is 0 Å². The molecule has 4 heteroatoms. The van der Waals surface area contributed by atoms with Crippen LogP contribution >= 0.6 is 0 Å². The molecule has 0 saturated heterocycles. The SMILES string of the molecule is Oc1cccc2c(-c3ccccc3F)ncnc12. The summed E-state index contributed by atoms with van der Waals surface area (Å²) in [7, 11) is 0. The third-order valence-electron chi connectivity index (χ3n) is 2.77. The van der Waals surface area contributed by atoms with Gasteiger partial charge < -0.3 is 5.11 Å². The predicted octanol–water partition coefficient (Wildman–Crippen LogP) is 3.14. The third-order valence-corrected chi connectivity index (χ3v) is 2.77. The number of phenolic OH excluding ortho intramolecular Hbond substituents is 1. The monoisotopic (exact) mass is 240 g/mol. The lowest BCUT2D eigenvalue weighted by atomic mass is 10.1. The van der Waals surface area contributed by atoms with Crippen LogP contribution < -0.4 is 0 Å². The van der Waals surface area contributed by atoms with Crippen molar-refractivity contribution in [3.05, 3.63) is 54.6 Å². The van der Waals surface area contributed by atoms with Gasteiger partial charge in [-0.15, -0.1) is 0 Å². The number of nitrogens with zero attached hydrogens (tertiary/aromatic N) is 2. The molecule has 0 radical (unpaired) electrons. The van der Waals surface area contributed by atoms with Crippen LogP contribution in [-0.2, 0) is 0 Å². The van der Waals surface area contributed by atoms with Gasteiger partial charge in [0.2, 0.25) is 0 Å². The largest absolute Gasteiger partial charge is 0.506 e. The van der Waals surface area contributed by atoms with Gasteiger partial charge in [-0.1, -0.05) is 24.3 Å². The average molecular weight is 240 g/mol. The Morgan fingerprint density at radius 2 is 1.78 bits per heavy atom. The highest BCUT2D eigenvalue weighted by atomic mass is 19.1. The Morgan fingerprint density at radius 1 is 0.944 bits per heavy atom. The van der Waals surface area contributed by atoms with E-state index in [0.29, 0.717) is 22.2 Å². The lowest BCUT2D eigenvalue weighted by Crippen LogP contribution is -1.91. The smallest absolute Gasteiger partial charge is 0.141 e. The number of rotatable bonds is 1. The highest BCUT2D eigenvalue weighted by Gasteiger charge is 2.11. The molecule has 3 aromatic rings. The Bertz CT molecular complexity index is 728. The lowest BCUT2D eigenvalue weighted by Gasteiger charge is -2.06. The molecule has 0 aliphatic heterocycles. The fourth-order valence-electron chi connectivity index (χ4n) is 1.94. The van der Waals surface area contributed by atoms with Gasteiger partial charge in [-0.2, -0.15) is 0 Å². The summed E-state index contributed by atoms with van der Waals surface area (Å²) in [5.74, 6) is -0.284. The van der Waals surface area contributed by atoms with Crippen molar-refractivity contribution in [2.45, 2.75) is 0 Å². The van der Waals surface area contributed by atoms with Crippen LogP contribution in [0.25, 0.3) is 22.2 Å². The molecule has 1 aromatic heterocycles. The first-order valence-corrected chi connectivity index (χ1v) is 5.45. The summed E-state index contributed by atoms with van der Waals surface area (Å²) in [6.45, 7) is 0. The van der Waals surface area contributed by atoms with E-state index in [-0.39, 0.29) is 11.6 Å². The van der Waals surface area contributed by atoms with E-state index in [1.807, 2.05) is 0 Å². The molecule has 0 aliphatic rings. The van der Waals surface area contributed by atoms with Crippen molar-refractivity contribution in [2.75, 3.05) is 0 Å². The first-order chi connectivity index (χ1) is 8.77. The normalized spacial score (nSPS) is 10.7. The van der Waals surface area contributed by atoms with Gasteiger partial charge in [0, 0.05) is 10.9 Å². The molecule has 18 heavy (non-hydrogen) atoms. The van der Waals surface area contributed by atoms with Crippen LogP contribution in [0.15, 0.2) is 48.8 Å². The number of para-hydroxylation sites is 1. The zero-order valence-electron chi connectivity index (χ0n) is 9.34. The van der Waals surface area contributed by atoms with Gasteiger partial charge in [-0.25, -0.2) is 14.4 Å². The zero-order valence-corrected chi connectivity index (χ0v) is 9.34. The van der Waals surface area contributed by atoms with Crippen molar-refractivity contribution in [1.82, 2.24) is 9.97 Å². The van der Waals surface area contributed by atoms with Crippen molar-refractivity contribution >= 4 is 10.9 Å². The van der Waals surface area contributed by atoms with E-state index >= 15 is 0 Å². The standard InChI is InChI=1S/C14H9FN2O/c15-11-6-2-1-4-9(11)13-10-5-3-7-12(18)14(10)17-8-16-13/h1-8,18H. The summed E-state index contributed by atoms with van der Waals surface area (Å²) in [4.78, 5) is 8.13. The van der Waals surface area contributed by atoms with Gasteiger partial charge in [0.15, 0.2) is 0 Å². The van der Waals surface area contributed by atoms with Gasteiger partial charge in [-0.05, 0) is 18.2 Å².